The number of benzene rings is 2. The number of ether oxygens (including phenoxy) is 1. The number of carbonyl (C=O) groups excluding carboxylic acids is 2. The fraction of sp³-hybridized carbons (Fsp3) is 0.300. The number of hydrogen-bond acceptors (Lipinski definition) is 5. The number of esters is 1. The lowest BCUT2D eigenvalue weighted by molar-refractivity contribution is 0.0505. The number of hydrogen-bond donors (Lipinski definition) is 2. The van der Waals surface area contributed by atoms with Gasteiger partial charge in [0, 0.05) is 17.3 Å². The first-order valence-electron chi connectivity index (χ1n) is 8.94. The summed E-state index contributed by atoms with van der Waals surface area (Å²) < 4.78 is 32.1. The second-order valence-electron chi connectivity index (χ2n) is 6.47. The molecule has 0 aliphatic carbocycles. The Bertz CT molecular complexity index is 937. The predicted molar refractivity (Wildman–Crippen MR) is 107 cm³/mol. The molecule has 0 radical (unpaired) electrons. The molecule has 7 nitrogen and oxygen atoms in total. The Morgan fingerprint density at radius 2 is 1.71 bits per heavy atom. The zero-order chi connectivity index (χ0) is 20.7. The van der Waals surface area contributed by atoms with Gasteiger partial charge in [0.15, 0.2) is 0 Å². The molecule has 0 fully saturated rings. The van der Waals surface area contributed by atoms with Crippen molar-refractivity contribution in [3.63, 3.8) is 0 Å². The molecule has 0 aromatic heterocycles. The number of rotatable bonds is 8. The summed E-state index contributed by atoms with van der Waals surface area (Å²) in [5, 5.41) is 2.68. The van der Waals surface area contributed by atoms with Crippen molar-refractivity contribution in [3.8, 4) is 0 Å². The lowest BCUT2D eigenvalue weighted by Crippen LogP contribution is -2.30. The minimum atomic E-state index is -3.69. The average molecular weight is 404 g/mol. The van der Waals surface area contributed by atoms with Gasteiger partial charge in [-0.2, -0.15) is 0 Å². The third-order valence-electron chi connectivity index (χ3n) is 3.61. The Labute approximate surface area is 165 Å². The molecule has 2 aromatic rings. The molecule has 0 heterocycles. The molecule has 0 saturated heterocycles. The molecule has 2 aromatic carbocycles. The van der Waals surface area contributed by atoms with E-state index in [1.165, 1.54) is 24.3 Å². The summed E-state index contributed by atoms with van der Waals surface area (Å²) in [5.41, 5.74) is 1.07. The summed E-state index contributed by atoms with van der Waals surface area (Å²) in [6, 6.07) is 11.8. The second-order valence-corrected chi connectivity index (χ2v) is 8.19. The smallest absolute Gasteiger partial charge is 0.338 e. The quantitative estimate of drug-likeness (QED) is 0.658. The van der Waals surface area contributed by atoms with E-state index in [2.05, 4.69) is 10.0 Å². The van der Waals surface area contributed by atoms with Crippen molar-refractivity contribution in [2.45, 2.75) is 38.1 Å². The van der Waals surface area contributed by atoms with Crippen LogP contribution in [0.1, 0.15) is 47.9 Å². The standard InChI is InChI=1S/C20H24N2O5S/c1-4-12-27-20(24)15-8-10-17(11-9-15)21-19(23)16-6-5-7-18(13-16)28(25,26)22-14(2)3/h5-11,13-14,22H,4,12H2,1-3H3,(H,21,23). The van der Waals surface area contributed by atoms with Crippen LogP contribution in [0.3, 0.4) is 0 Å². The van der Waals surface area contributed by atoms with Gasteiger partial charge in [-0.1, -0.05) is 13.0 Å². The van der Waals surface area contributed by atoms with E-state index in [9.17, 15) is 18.0 Å². The summed E-state index contributed by atoms with van der Waals surface area (Å²) in [6.45, 7) is 5.69. The topological polar surface area (TPSA) is 102 Å². The molecule has 2 N–H and O–H groups in total. The zero-order valence-electron chi connectivity index (χ0n) is 16.1. The lowest BCUT2D eigenvalue weighted by atomic mass is 10.2. The SMILES string of the molecule is CCCOC(=O)c1ccc(NC(=O)c2cccc(S(=O)(=O)NC(C)C)c2)cc1. The van der Waals surface area contributed by atoms with Crippen LogP contribution in [0.25, 0.3) is 0 Å². The van der Waals surface area contributed by atoms with Crippen molar-refractivity contribution in [2.24, 2.45) is 0 Å². The van der Waals surface area contributed by atoms with Crippen LogP contribution in [0.15, 0.2) is 53.4 Å². The normalized spacial score (nSPS) is 11.3. The number of amides is 1. The lowest BCUT2D eigenvalue weighted by Gasteiger charge is -2.11. The maximum Gasteiger partial charge on any atom is 0.338 e. The molecule has 0 atom stereocenters. The van der Waals surface area contributed by atoms with E-state index in [1.54, 1.807) is 38.1 Å². The molecule has 1 amide bonds. The maximum absolute atomic E-state index is 12.5. The van der Waals surface area contributed by atoms with Gasteiger partial charge in [0.1, 0.15) is 0 Å². The predicted octanol–water partition coefficient (Wildman–Crippen LogP) is 3.19. The van der Waals surface area contributed by atoms with E-state index in [4.69, 9.17) is 4.74 Å². The average Bonchev–Trinajstić information content (AvgIpc) is 2.65. The van der Waals surface area contributed by atoms with E-state index < -0.39 is 21.9 Å². The Balaban J connectivity index is 2.11. The summed E-state index contributed by atoms with van der Waals surface area (Å²) >= 11 is 0. The largest absolute Gasteiger partial charge is 0.462 e. The van der Waals surface area contributed by atoms with Crippen LogP contribution >= 0.6 is 0 Å². The van der Waals surface area contributed by atoms with Gasteiger partial charge in [0.25, 0.3) is 5.91 Å². The molecule has 0 unspecified atom stereocenters. The number of carbonyl (C=O) groups is 2. The summed E-state index contributed by atoms with van der Waals surface area (Å²) in [6.07, 6.45) is 0.737. The minimum Gasteiger partial charge on any atom is -0.462 e. The van der Waals surface area contributed by atoms with Crippen LogP contribution < -0.4 is 10.0 Å². The Morgan fingerprint density at radius 1 is 1.04 bits per heavy atom. The van der Waals surface area contributed by atoms with Crippen molar-refractivity contribution in [1.82, 2.24) is 4.72 Å². The second kappa shape index (κ2) is 9.48. The van der Waals surface area contributed by atoms with E-state index in [0.29, 0.717) is 17.9 Å². The van der Waals surface area contributed by atoms with Crippen LogP contribution in [-0.2, 0) is 14.8 Å². The highest BCUT2D eigenvalue weighted by molar-refractivity contribution is 7.89. The molecule has 0 bridgehead atoms. The van der Waals surface area contributed by atoms with Crippen LogP contribution in [0.5, 0.6) is 0 Å². The monoisotopic (exact) mass is 404 g/mol. The fourth-order valence-corrected chi connectivity index (χ4v) is 3.65. The summed E-state index contributed by atoms with van der Waals surface area (Å²) in [5.74, 6) is -0.877. The molecule has 150 valence electrons. The van der Waals surface area contributed by atoms with Crippen LogP contribution in [-0.4, -0.2) is 32.9 Å². The van der Waals surface area contributed by atoms with Crippen molar-refractivity contribution in [3.05, 3.63) is 59.7 Å². The minimum absolute atomic E-state index is 0.0165. The van der Waals surface area contributed by atoms with Crippen molar-refractivity contribution < 1.29 is 22.7 Å². The van der Waals surface area contributed by atoms with E-state index in [0.717, 1.165) is 6.42 Å². The van der Waals surface area contributed by atoms with Gasteiger partial charge in [-0.25, -0.2) is 17.9 Å². The Hall–Kier alpha value is -2.71. The van der Waals surface area contributed by atoms with Crippen molar-refractivity contribution in [1.29, 1.82) is 0 Å². The number of anilines is 1. The fourth-order valence-electron chi connectivity index (χ4n) is 2.35. The van der Waals surface area contributed by atoms with E-state index in [1.807, 2.05) is 6.92 Å². The Kier molecular flexibility index (Phi) is 7.31. The van der Waals surface area contributed by atoms with Gasteiger partial charge >= 0.3 is 5.97 Å². The summed E-state index contributed by atoms with van der Waals surface area (Å²) in [4.78, 5) is 24.3. The molecule has 8 heteroatoms. The summed E-state index contributed by atoms with van der Waals surface area (Å²) in [7, 11) is -3.69. The van der Waals surface area contributed by atoms with E-state index in [-0.39, 0.29) is 16.5 Å². The third-order valence-corrected chi connectivity index (χ3v) is 5.27. The maximum atomic E-state index is 12.5. The van der Waals surface area contributed by atoms with Gasteiger partial charge in [0.05, 0.1) is 17.1 Å². The van der Waals surface area contributed by atoms with Gasteiger partial charge in [-0.05, 0) is 62.7 Å². The van der Waals surface area contributed by atoms with Gasteiger partial charge in [-0.3, -0.25) is 4.79 Å². The number of nitrogens with one attached hydrogen (secondary N) is 2. The van der Waals surface area contributed by atoms with Crippen LogP contribution in [0.2, 0.25) is 0 Å². The first-order chi connectivity index (χ1) is 13.2. The Morgan fingerprint density at radius 3 is 2.32 bits per heavy atom. The first-order valence-corrected chi connectivity index (χ1v) is 10.4. The molecule has 2 rings (SSSR count). The highest BCUT2D eigenvalue weighted by Crippen LogP contribution is 2.15. The van der Waals surface area contributed by atoms with Crippen LogP contribution in [0, 0.1) is 0 Å². The van der Waals surface area contributed by atoms with E-state index >= 15 is 0 Å². The molecule has 0 aliphatic heterocycles. The molecule has 0 saturated carbocycles. The molecule has 28 heavy (non-hydrogen) atoms. The van der Waals surface area contributed by atoms with Crippen molar-refractivity contribution >= 4 is 27.6 Å². The van der Waals surface area contributed by atoms with Crippen molar-refractivity contribution in [2.75, 3.05) is 11.9 Å². The highest BCUT2D eigenvalue weighted by atomic mass is 32.2. The molecule has 0 spiro atoms. The molecule has 0 aliphatic rings. The first kappa shape index (κ1) is 21.6. The molecular weight excluding hydrogens is 380 g/mol. The molecular formula is C20H24N2O5S. The van der Waals surface area contributed by atoms with Gasteiger partial charge < -0.3 is 10.1 Å². The zero-order valence-corrected chi connectivity index (χ0v) is 16.9. The third kappa shape index (κ3) is 5.90. The van der Waals surface area contributed by atoms with Crippen LogP contribution in [0.4, 0.5) is 5.69 Å². The highest BCUT2D eigenvalue weighted by Gasteiger charge is 2.17. The van der Waals surface area contributed by atoms with Gasteiger partial charge in [-0.15, -0.1) is 0 Å². The number of sulfonamides is 1. The van der Waals surface area contributed by atoms with Gasteiger partial charge in [0.2, 0.25) is 10.0 Å².